The maximum Gasteiger partial charge on any atom is 0.228 e. The van der Waals surface area contributed by atoms with Gasteiger partial charge < -0.3 is 15.1 Å². The number of anilines is 1. The minimum absolute atomic E-state index is 0.0150. The molecular weight excluding hydrogens is 394 g/mol. The van der Waals surface area contributed by atoms with Crippen LogP contribution in [0.3, 0.4) is 0 Å². The summed E-state index contributed by atoms with van der Waals surface area (Å²) >= 11 is 1.62. The summed E-state index contributed by atoms with van der Waals surface area (Å²) in [6.45, 7) is 5.01. The molecule has 1 aliphatic carbocycles. The summed E-state index contributed by atoms with van der Waals surface area (Å²) in [5.74, 6) is 0.220. The lowest BCUT2D eigenvalue weighted by atomic mass is 9.97. The molecule has 5 nitrogen and oxygen atoms in total. The number of nitrogens with one attached hydrogen (secondary N) is 1. The standard InChI is InChI=1S/C24H29N3O2S/c1-16-4-6-19(7-5-16)27-22(28)13-20(23(27)21-3-2-12-30-21)24(29)25-14-17-10-11-26(15-17)18-8-9-18/h2-7,12,17-18,20,23H,8-11,13-15H2,1H3,(H,25,29). The normalized spacial score (nSPS) is 27.0. The molecule has 2 saturated heterocycles. The maximum atomic E-state index is 13.2. The number of benzene rings is 1. The molecule has 0 radical (unpaired) electrons. The van der Waals surface area contributed by atoms with Crippen molar-refractivity contribution in [3.8, 4) is 0 Å². The molecule has 2 aromatic rings. The number of likely N-dealkylation sites (tertiary alicyclic amines) is 1. The lowest BCUT2D eigenvalue weighted by molar-refractivity contribution is -0.126. The van der Waals surface area contributed by atoms with Crippen molar-refractivity contribution < 1.29 is 9.59 Å². The highest BCUT2D eigenvalue weighted by atomic mass is 32.1. The van der Waals surface area contributed by atoms with Gasteiger partial charge in [0.1, 0.15) is 0 Å². The molecule has 1 aromatic heterocycles. The highest BCUT2D eigenvalue weighted by Crippen LogP contribution is 2.43. The lowest BCUT2D eigenvalue weighted by Gasteiger charge is -2.27. The van der Waals surface area contributed by atoms with Crippen molar-refractivity contribution in [3.63, 3.8) is 0 Å². The maximum absolute atomic E-state index is 13.2. The molecule has 158 valence electrons. The molecule has 3 heterocycles. The first kappa shape index (κ1) is 19.8. The van der Waals surface area contributed by atoms with Crippen LogP contribution in [0, 0.1) is 18.8 Å². The van der Waals surface area contributed by atoms with Gasteiger partial charge in [-0.2, -0.15) is 0 Å². The van der Waals surface area contributed by atoms with Gasteiger partial charge in [0, 0.05) is 36.1 Å². The van der Waals surface area contributed by atoms with Gasteiger partial charge in [-0.15, -0.1) is 11.3 Å². The molecule has 6 heteroatoms. The second-order valence-electron chi connectivity index (χ2n) is 9.00. The zero-order valence-corrected chi connectivity index (χ0v) is 18.2. The van der Waals surface area contributed by atoms with Gasteiger partial charge in [-0.05, 0) is 62.2 Å². The first-order chi connectivity index (χ1) is 14.6. The molecule has 2 aliphatic heterocycles. The monoisotopic (exact) mass is 423 g/mol. The van der Waals surface area contributed by atoms with Gasteiger partial charge in [-0.1, -0.05) is 23.8 Å². The van der Waals surface area contributed by atoms with Crippen LogP contribution in [-0.2, 0) is 9.59 Å². The van der Waals surface area contributed by atoms with Gasteiger partial charge in [-0.25, -0.2) is 0 Å². The molecule has 3 atom stereocenters. The van der Waals surface area contributed by atoms with E-state index in [0.717, 1.165) is 41.7 Å². The quantitative estimate of drug-likeness (QED) is 0.770. The van der Waals surface area contributed by atoms with E-state index in [1.54, 1.807) is 11.3 Å². The predicted octanol–water partition coefficient (Wildman–Crippen LogP) is 3.75. The highest BCUT2D eigenvalue weighted by molar-refractivity contribution is 7.10. The summed E-state index contributed by atoms with van der Waals surface area (Å²) in [5.41, 5.74) is 2.03. The van der Waals surface area contributed by atoms with E-state index in [0.29, 0.717) is 12.5 Å². The van der Waals surface area contributed by atoms with Gasteiger partial charge in [0.25, 0.3) is 0 Å². The first-order valence-corrected chi connectivity index (χ1v) is 11.9. The van der Waals surface area contributed by atoms with Crippen molar-refractivity contribution in [2.75, 3.05) is 24.5 Å². The van der Waals surface area contributed by atoms with Crippen LogP contribution in [0.25, 0.3) is 0 Å². The van der Waals surface area contributed by atoms with E-state index in [2.05, 4.69) is 10.2 Å². The van der Waals surface area contributed by atoms with Crippen molar-refractivity contribution in [2.24, 2.45) is 11.8 Å². The zero-order chi connectivity index (χ0) is 20.7. The van der Waals surface area contributed by atoms with E-state index in [4.69, 9.17) is 0 Å². The predicted molar refractivity (Wildman–Crippen MR) is 120 cm³/mol. The van der Waals surface area contributed by atoms with E-state index in [9.17, 15) is 9.59 Å². The number of hydrogen-bond donors (Lipinski definition) is 1. The molecule has 0 spiro atoms. The van der Waals surface area contributed by atoms with Crippen LogP contribution >= 0.6 is 11.3 Å². The molecule has 3 aliphatic rings. The fourth-order valence-corrected chi connectivity index (χ4v) is 5.82. The average molecular weight is 424 g/mol. The second-order valence-corrected chi connectivity index (χ2v) is 9.98. The van der Waals surface area contributed by atoms with Gasteiger partial charge in [-0.3, -0.25) is 9.59 Å². The highest BCUT2D eigenvalue weighted by Gasteiger charge is 2.46. The third-order valence-corrected chi connectivity index (χ3v) is 7.69. The molecule has 1 aromatic carbocycles. The Labute approximate surface area is 182 Å². The SMILES string of the molecule is Cc1ccc(N2C(=O)CC(C(=O)NCC3CCN(C4CC4)C3)C2c2cccs2)cc1. The Kier molecular flexibility index (Phi) is 5.37. The molecule has 30 heavy (non-hydrogen) atoms. The largest absolute Gasteiger partial charge is 0.355 e. The molecule has 5 rings (SSSR count). The number of rotatable bonds is 6. The topological polar surface area (TPSA) is 52.7 Å². The summed E-state index contributed by atoms with van der Waals surface area (Å²) < 4.78 is 0. The van der Waals surface area contributed by atoms with Crippen LogP contribution in [0.2, 0.25) is 0 Å². The Hall–Kier alpha value is -2.18. The molecule has 1 N–H and O–H groups in total. The number of thiophene rings is 1. The van der Waals surface area contributed by atoms with Crippen LogP contribution in [0.1, 0.15) is 42.2 Å². The van der Waals surface area contributed by atoms with Gasteiger partial charge >= 0.3 is 0 Å². The average Bonchev–Trinajstić information content (AvgIpc) is 3.15. The Morgan fingerprint density at radius 2 is 1.97 bits per heavy atom. The molecule has 3 fully saturated rings. The van der Waals surface area contributed by atoms with Crippen LogP contribution in [0.15, 0.2) is 41.8 Å². The number of carbonyl (C=O) groups is 2. The minimum atomic E-state index is -0.349. The number of hydrogen-bond acceptors (Lipinski definition) is 4. The van der Waals surface area contributed by atoms with E-state index < -0.39 is 0 Å². The van der Waals surface area contributed by atoms with Crippen molar-refractivity contribution in [1.29, 1.82) is 0 Å². The molecular formula is C24H29N3O2S. The summed E-state index contributed by atoms with van der Waals surface area (Å²) in [7, 11) is 0. The van der Waals surface area contributed by atoms with Crippen molar-refractivity contribution in [1.82, 2.24) is 10.2 Å². The Bertz CT molecular complexity index is 907. The smallest absolute Gasteiger partial charge is 0.228 e. The summed E-state index contributed by atoms with van der Waals surface area (Å²) in [6.07, 6.45) is 4.09. The third-order valence-electron chi connectivity index (χ3n) is 6.75. The Morgan fingerprint density at radius 3 is 2.67 bits per heavy atom. The molecule has 1 saturated carbocycles. The van der Waals surface area contributed by atoms with E-state index in [-0.39, 0.29) is 30.2 Å². The number of aryl methyl sites for hydroxylation is 1. The van der Waals surface area contributed by atoms with Crippen molar-refractivity contribution in [2.45, 2.75) is 44.7 Å². The summed E-state index contributed by atoms with van der Waals surface area (Å²) in [5, 5.41) is 5.22. The second kappa shape index (κ2) is 8.16. The summed E-state index contributed by atoms with van der Waals surface area (Å²) in [6, 6.07) is 12.6. The van der Waals surface area contributed by atoms with Gasteiger partial charge in [0.05, 0.1) is 12.0 Å². The fraction of sp³-hybridized carbons (Fsp3) is 0.500. The van der Waals surface area contributed by atoms with Crippen LogP contribution in [-0.4, -0.2) is 42.4 Å². The van der Waals surface area contributed by atoms with Gasteiger partial charge in [0.2, 0.25) is 11.8 Å². The summed E-state index contributed by atoms with van der Waals surface area (Å²) in [4.78, 5) is 31.7. The zero-order valence-electron chi connectivity index (χ0n) is 17.4. The van der Waals surface area contributed by atoms with Crippen molar-refractivity contribution in [3.05, 3.63) is 52.2 Å². The van der Waals surface area contributed by atoms with E-state index >= 15 is 0 Å². The number of amides is 2. The van der Waals surface area contributed by atoms with E-state index in [1.807, 2.05) is 53.6 Å². The fourth-order valence-electron chi connectivity index (χ4n) is 4.94. The van der Waals surface area contributed by atoms with Crippen LogP contribution in [0.5, 0.6) is 0 Å². The third kappa shape index (κ3) is 3.91. The minimum Gasteiger partial charge on any atom is -0.355 e. The molecule has 3 unspecified atom stereocenters. The molecule has 2 amide bonds. The lowest BCUT2D eigenvalue weighted by Crippen LogP contribution is -2.38. The first-order valence-electron chi connectivity index (χ1n) is 11.0. The Balaban J connectivity index is 1.31. The Morgan fingerprint density at radius 1 is 1.17 bits per heavy atom. The van der Waals surface area contributed by atoms with E-state index in [1.165, 1.54) is 12.8 Å². The number of carbonyl (C=O) groups excluding carboxylic acids is 2. The van der Waals surface area contributed by atoms with Crippen LogP contribution in [0.4, 0.5) is 5.69 Å². The number of nitrogens with zero attached hydrogens (tertiary/aromatic N) is 2. The van der Waals surface area contributed by atoms with Crippen molar-refractivity contribution >= 4 is 28.8 Å². The van der Waals surface area contributed by atoms with Gasteiger partial charge in [0.15, 0.2) is 0 Å². The van der Waals surface area contributed by atoms with Crippen LogP contribution < -0.4 is 10.2 Å². The molecule has 0 bridgehead atoms.